The van der Waals surface area contributed by atoms with Gasteiger partial charge in [-0.1, -0.05) is 13.8 Å². The smallest absolute Gasteiger partial charge is 0.250 e. The summed E-state index contributed by atoms with van der Waals surface area (Å²) in [5.41, 5.74) is 6.43. The van der Waals surface area contributed by atoms with Crippen LogP contribution in [-0.4, -0.2) is 20.5 Å². The quantitative estimate of drug-likeness (QED) is 0.843. The van der Waals surface area contributed by atoms with E-state index >= 15 is 0 Å². The van der Waals surface area contributed by atoms with Gasteiger partial charge in [-0.3, -0.25) is 0 Å². The topological polar surface area (TPSA) is 72.2 Å². The Hall–Kier alpha value is -0.430. The number of nitrogens with one attached hydrogen (secondary N) is 1. The zero-order chi connectivity index (χ0) is 14.0. The summed E-state index contributed by atoms with van der Waals surface area (Å²) in [6.45, 7) is 7.94. The number of thiophene rings is 1. The van der Waals surface area contributed by atoms with E-state index in [0.29, 0.717) is 4.21 Å². The van der Waals surface area contributed by atoms with Gasteiger partial charge in [0.1, 0.15) is 4.21 Å². The molecular weight excluding hydrogens is 268 g/mol. The van der Waals surface area contributed by atoms with Crippen molar-refractivity contribution >= 4 is 21.4 Å². The van der Waals surface area contributed by atoms with Crippen LogP contribution in [0.1, 0.15) is 37.1 Å². The van der Waals surface area contributed by atoms with Crippen molar-refractivity contribution in [2.24, 2.45) is 5.73 Å². The van der Waals surface area contributed by atoms with E-state index in [4.69, 9.17) is 5.73 Å². The van der Waals surface area contributed by atoms with E-state index in [-0.39, 0.29) is 6.54 Å². The second-order valence-corrected chi connectivity index (χ2v) is 7.94. The van der Waals surface area contributed by atoms with Crippen molar-refractivity contribution in [3.63, 3.8) is 0 Å². The minimum atomic E-state index is -3.43. The van der Waals surface area contributed by atoms with Gasteiger partial charge in [0.25, 0.3) is 0 Å². The summed E-state index contributed by atoms with van der Waals surface area (Å²) in [4.78, 5) is 0.998. The van der Waals surface area contributed by atoms with Crippen molar-refractivity contribution in [3.8, 4) is 0 Å². The number of hydrogen-bond acceptors (Lipinski definition) is 4. The summed E-state index contributed by atoms with van der Waals surface area (Å²) in [7, 11) is -3.43. The van der Waals surface area contributed by atoms with Gasteiger partial charge in [0.15, 0.2) is 0 Å². The van der Waals surface area contributed by atoms with E-state index in [1.165, 1.54) is 11.3 Å². The van der Waals surface area contributed by atoms with Gasteiger partial charge in [0.2, 0.25) is 10.0 Å². The van der Waals surface area contributed by atoms with Gasteiger partial charge in [-0.25, -0.2) is 13.1 Å². The van der Waals surface area contributed by atoms with E-state index in [0.717, 1.165) is 23.3 Å². The predicted octanol–water partition coefficient (Wildman–Crippen LogP) is 2.16. The van der Waals surface area contributed by atoms with Crippen LogP contribution in [0.2, 0.25) is 0 Å². The van der Waals surface area contributed by atoms with Gasteiger partial charge in [-0.15, -0.1) is 11.3 Å². The molecule has 6 heteroatoms. The molecule has 0 unspecified atom stereocenters. The minimum absolute atomic E-state index is 0.277. The minimum Gasteiger partial charge on any atom is -0.324 e. The molecule has 4 nitrogen and oxygen atoms in total. The van der Waals surface area contributed by atoms with Gasteiger partial charge in [0, 0.05) is 17.0 Å². The largest absolute Gasteiger partial charge is 0.324 e. The van der Waals surface area contributed by atoms with Gasteiger partial charge in [-0.05, 0) is 38.3 Å². The second kappa shape index (κ2) is 5.69. The maximum absolute atomic E-state index is 12.2. The van der Waals surface area contributed by atoms with Crippen LogP contribution in [0.25, 0.3) is 0 Å². The molecule has 1 aromatic heterocycles. The van der Waals surface area contributed by atoms with Crippen molar-refractivity contribution in [3.05, 3.63) is 16.5 Å². The second-order valence-electron chi connectivity index (χ2n) is 4.72. The number of rotatable bonds is 6. The monoisotopic (exact) mass is 290 g/mol. The molecule has 0 amide bonds. The molecule has 1 rings (SSSR count). The third kappa shape index (κ3) is 3.54. The zero-order valence-electron chi connectivity index (χ0n) is 11.4. The molecule has 0 radical (unpaired) electrons. The molecule has 0 aliphatic rings. The Morgan fingerprint density at radius 3 is 2.28 bits per heavy atom. The van der Waals surface area contributed by atoms with Crippen LogP contribution in [-0.2, 0) is 10.0 Å². The third-order valence-electron chi connectivity index (χ3n) is 3.26. The highest BCUT2D eigenvalue weighted by atomic mass is 32.2. The Bertz CT molecular complexity index is 502. The Balaban J connectivity index is 2.87. The number of sulfonamides is 1. The van der Waals surface area contributed by atoms with Crippen LogP contribution in [0.4, 0.5) is 0 Å². The SMILES string of the molecule is CCC(N)(CC)CNS(=O)(=O)c1sc(C)cc1C. The van der Waals surface area contributed by atoms with Crippen molar-refractivity contribution in [2.45, 2.75) is 50.3 Å². The Labute approximate surface area is 114 Å². The number of nitrogens with two attached hydrogens (primary N) is 1. The van der Waals surface area contributed by atoms with Crippen molar-refractivity contribution in [1.29, 1.82) is 0 Å². The average molecular weight is 290 g/mol. The highest BCUT2D eigenvalue weighted by Crippen LogP contribution is 2.26. The molecular formula is C12H22N2O2S2. The van der Waals surface area contributed by atoms with E-state index in [1.54, 1.807) is 0 Å². The van der Waals surface area contributed by atoms with Crippen LogP contribution in [0, 0.1) is 13.8 Å². The van der Waals surface area contributed by atoms with Gasteiger partial charge in [-0.2, -0.15) is 0 Å². The number of hydrogen-bond donors (Lipinski definition) is 2. The van der Waals surface area contributed by atoms with Crippen molar-refractivity contribution < 1.29 is 8.42 Å². The third-order valence-corrected chi connectivity index (χ3v) is 6.45. The highest BCUT2D eigenvalue weighted by Gasteiger charge is 2.25. The fraction of sp³-hybridized carbons (Fsp3) is 0.667. The summed E-state index contributed by atoms with van der Waals surface area (Å²) in [5, 5.41) is 0. The van der Waals surface area contributed by atoms with Crippen LogP contribution in [0.5, 0.6) is 0 Å². The average Bonchev–Trinajstić information content (AvgIpc) is 2.66. The molecule has 0 fully saturated rings. The normalized spacial score (nSPS) is 12.9. The number of aryl methyl sites for hydroxylation is 2. The van der Waals surface area contributed by atoms with Gasteiger partial charge >= 0.3 is 0 Å². The summed E-state index contributed by atoms with van der Waals surface area (Å²) in [6, 6.07) is 1.88. The molecule has 0 spiro atoms. The summed E-state index contributed by atoms with van der Waals surface area (Å²) in [6.07, 6.45) is 1.49. The molecule has 0 saturated carbocycles. The van der Waals surface area contributed by atoms with E-state index in [1.807, 2.05) is 33.8 Å². The molecule has 1 aromatic rings. The van der Waals surface area contributed by atoms with Gasteiger partial charge < -0.3 is 5.73 Å². The Morgan fingerprint density at radius 1 is 1.33 bits per heavy atom. The lowest BCUT2D eigenvalue weighted by Crippen LogP contribution is -2.49. The first-order valence-electron chi connectivity index (χ1n) is 6.09. The van der Waals surface area contributed by atoms with E-state index in [9.17, 15) is 8.42 Å². The molecule has 0 aromatic carbocycles. The molecule has 3 N–H and O–H groups in total. The summed E-state index contributed by atoms with van der Waals surface area (Å²) >= 11 is 1.30. The lowest BCUT2D eigenvalue weighted by molar-refractivity contribution is 0.392. The van der Waals surface area contributed by atoms with E-state index < -0.39 is 15.6 Å². The molecule has 18 heavy (non-hydrogen) atoms. The Kier molecular flexibility index (Phi) is 4.94. The summed E-state index contributed by atoms with van der Waals surface area (Å²) in [5.74, 6) is 0. The highest BCUT2D eigenvalue weighted by molar-refractivity contribution is 7.91. The molecule has 0 aliphatic carbocycles. The fourth-order valence-electron chi connectivity index (χ4n) is 1.69. The molecule has 0 atom stereocenters. The lowest BCUT2D eigenvalue weighted by Gasteiger charge is -2.26. The predicted molar refractivity (Wildman–Crippen MR) is 76.5 cm³/mol. The van der Waals surface area contributed by atoms with Gasteiger partial charge in [0.05, 0.1) is 0 Å². The van der Waals surface area contributed by atoms with Crippen LogP contribution in [0.3, 0.4) is 0 Å². The first-order valence-corrected chi connectivity index (χ1v) is 8.39. The molecule has 0 bridgehead atoms. The van der Waals surface area contributed by atoms with Crippen molar-refractivity contribution in [2.75, 3.05) is 6.54 Å². The molecule has 0 saturated heterocycles. The zero-order valence-corrected chi connectivity index (χ0v) is 13.0. The summed E-state index contributed by atoms with van der Waals surface area (Å²) < 4.78 is 27.4. The molecule has 104 valence electrons. The lowest BCUT2D eigenvalue weighted by atomic mass is 9.95. The van der Waals surface area contributed by atoms with Crippen LogP contribution in [0.15, 0.2) is 10.3 Å². The van der Waals surface area contributed by atoms with Crippen molar-refractivity contribution in [1.82, 2.24) is 4.72 Å². The fourth-order valence-corrected chi connectivity index (χ4v) is 4.54. The maximum Gasteiger partial charge on any atom is 0.250 e. The molecule has 0 aliphatic heterocycles. The molecule has 1 heterocycles. The van der Waals surface area contributed by atoms with Crippen LogP contribution < -0.4 is 10.5 Å². The standard InChI is InChI=1S/C12H22N2O2S2/c1-5-12(13,6-2)8-14-18(15,16)11-9(3)7-10(4)17-11/h7,14H,5-6,8,13H2,1-4H3. The maximum atomic E-state index is 12.2. The van der Waals surface area contributed by atoms with Crippen LogP contribution >= 0.6 is 11.3 Å². The Morgan fingerprint density at radius 2 is 1.89 bits per heavy atom. The first-order chi connectivity index (χ1) is 8.24. The van der Waals surface area contributed by atoms with E-state index in [2.05, 4.69) is 4.72 Å². The first kappa shape index (κ1) is 15.6.